The first-order valence-electron chi connectivity index (χ1n) is 9.06. The molecule has 0 radical (unpaired) electrons. The summed E-state index contributed by atoms with van der Waals surface area (Å²) in [5.41, 5.74) is 0.467. The monoisotopic (exact) mass is 330 g/mol. The normalized spacial score (nSPS) is 21.2. The van der Waals surface area contributed by atoms with Crippen molar-refractivity contribution in [3.05, 3.63) is 0 Å². The van der Waals surface area contributed by atoms with Crippen molar-refractivity contribution in [1.82, 2.24) is 9.80 Å². The van der Waals surface area contributed by atoms with Crippen LogP contribution in [-0.2, 0) is 14.3 Å². The Balaban J connectivity index is 0.000000349. The molecule has 0 unspecified atom stereocenters. The van der Waals surface area contributed by atoms with Gasteiger partial charge < -0.3 is 14.4 Å². The van der Waals surface area contributed by atoms with Crippen LogP contribution in [0.25, 0.3) is 0 Å². The van der Waals surface area contributed by atoms with Crippen molar-refractivity contribution < 1.29 is 14.3 Å². The second kappa shape index (κ2) is 13.8. The number of methoxy groups -OCH3 is 2. The average molecular weight is 331 g/mol. The van der Waals surface area contributed by atoms with Gasteiger partial charge in [-0.3, -0.25) is 9.69 Å². The second-order valence-electron chi connectivity index (χ2n) is 6.11. The fourth-order valence-electron chi connectivity index (χ4n) is 3.58. The summed E-state index contributed by atoms with van der Waals surface area (Å²) < 4.78 is 9.54. The highest BCUT2D eigenvalue weighted by Gasteiger charge is 2.43. The zero-order valence-electron chi connectivity index (χ0n) is 16.0. The van der Waals surface area contributed by atoms with E-state index in [-0.39, 0.29) is 0 Å². The van der Waals surface area contributed by atoms with E-state index in [2.05, 4.69) is 9.64 Å². The summed E-state index contributed by atoms with van der Waals surface area (Å²) in [4.78, 5) is 14.4. The third-order valence-electron chi connectivity index (χ3n) is 4.51. The first-order valence-corrected chi connectivity index (χ1v) is 9.06. The molecular formula is C18H38N2O3. The van der Waals surface area contributed by atoms with Crippen molar-refractivity contribution >= 4 is 6.41 Å². The average Bonchev–Trinajstić information content (AvgIpc) is 3.27. The number of ether oxygens (including phenoxy) is 2. The Labute approximate surface area is 143 Å². The van der Waals surface area contributed by atoms with Gasteiger partial charge in [-0.1, -0.05) is 13.8 Å². The molecule has 23 heavy (non-hydrogen) atoms. The SMILES string of the molecule is CC.COC.COCC12CCCN1CCC2.O=CN1CCCC1. The molecule has 3 saturated heterocycles. The van der Waals surface area contributed by atoms with Crippen molar-refractivity contribution in [3.8, 4) is 0 Å². The van der Waals surface area contributed by atoms with Crippen LogP contribution in [0.5, 0.6) is 0 Å². The van der Waals surface area contributed by atoms with Crippen LogP contribution in [-0.4, -0.2) is 75.9 Å². The number of hydrogen-bond donors (Lipinski definition) is 0. The van der Waals surface area contributed by atoms with Gasteiger partial charge >= 0.3 is 0 Å². The van der Waals surface area contributed by atoms with E-state index in [4.69, 9.17) is 4.74 Å². The third-order valence-corrected chi connectivity index (χ3v) is 4.51. The molecule has 0 bridgehead atoms. The molecule has 3 aliphatic heterocycles. The van der Waals surface area contributed by atoms with Crippen molar-refractivity contribution in [2.75, 3.05) is 54.1 Å². The minimum Gasteiger partial charge on any atom is -0.388 e. The molecule has 0 aromatic carbocycles. The lowest BCUT2D eigenvalue weighted by molar-refractivity contribution is -0.117. The van der Waals surface area contributed by atoms with Crippen LogP contribution >= 0.6 is 0 Å². The maximum atomic E-state index is 9.93. The van der Waals surface area contributed by atoms with E-state index in [1.807, 2.05) is 21.0 Å². The first kappa shape index (κ1) is 22.4. The van der Waals surface area contributed by atoms with E-state index in [9.17, 15) is 4.79 Å². The van der Waals surface area contributed by atoms with E-state index >= 15 is 0 Å². The number of hydrogen-bond acceptors (Lipinski definition) is 4. The lowest BCUT2D eigenvalue weighted by atomic mass is 9.95. The Hall–Kier alpha value is -0.650. The minimum absolute atomic E-state index is 0.467. The molecule has 138 valence electrons. The van der Waals surface area contributed by atoms with Gasteiger partial charge in [0.2, 0.25) is 6.41 Å². The molecule has 3 heterocycles. The Bertz CT molecular complexity index is 271. The summed E-state index contributed by atoms with van der Waals surface area (Å²) in [5.74, 6) is 0. The largest absolute Gasteiger partial charge is 0.388 e. The molecule has 0 saturated carbocycles. The van der Waals surface area contributed by atoms with Crippen LogP contribution in [0.2, 0.25) is 0 Å². The molecule has 0 N–H and O–H groups in total. The molecule has 0 aromatic rings. The highest BCUT2D eigenvalue weighted by Crippen LogP contribution is 2.38. The van der Waals surface area contributed by atoms with Crippen LogP contribution < -0.4 is 0 Å². The van der Waals surface area contributed by atoms with Crippen molar-refractivity contribution in [1.29, 1.82) is 0 Å². The lowest BCUT2D eigenvalue weighted by Gasteiger charge is -2.30. The van der Waals surface area contributed by atoms with Gasteiger partial charge in [0.15, 0.2) is 0 Å². The molecule has 3 aliphatic rings. The molecule has 3 rings (SSSR count). The number of carbonyl (C=O) groups excluding carboxylic acids is 1. The molecule has 1 amide bonds. The summed E-state index contributed by atoms with van der Waals surface area (Å²) in [6.45, 7) is 9.52. The maximum Gasteiger partial charge on any atom is 0.209 e. The van der Waals surface area contributed by atoms with Crippen LogP contribution in [0.1, 0.15) is 52.4 Å². The predicted molar refractivity (Wildman–Crippen MR) is 95.8 cm³/mol. The molecule has 0 spiro atoms. The number of rotatable bonds is 3. The van der Waals surface area contributed by atoms with E-state index in [0.717, 1.165) is 26.1 Å². The van der Waals surface area contributed by atoms with Gasteiger partial charge in [-0.15, -0.1) is 0 Å². The zero-order chi connectivity index (χ0) is 17.6. The molecule has 5 nitrogen and oxygen atoms in total. The standard InChI is InChI=1S/C9H17NO.C5H9NO.C2H6O.C2H6/c1-11-8-9-4-2-6-10(9)7-3-5-9;7-5-6-3-1-2-4-6;1-3-2;1-2/h2-8H2,1H3;5H,1-4H2;1-2H3;1-2H3. The fourth-order valence-corrected chi connectivity index (χ4v) is 3.58. The highest BCUT2D eigenvalue weighted by molar-refractivity contribution is 5.47. The van der Waals surface area contributed by atoms with Gasteiger partial charge in [0, 0.05) is 40.0 Å². The Kier molecular flexibility index (Phi) is 13.4. The molecule has 0 aliphatic carbocycles. The van der Waals surface area contributed by atoms with Crippen LogP contribution in [0, 0.1) is 0 Å². The van der Waals surface area contributed by atoms with Crippen LogP contribution in [0.15, 0.2) is 0 Å². The zero-order valence-corrected chi connectivity index (χ0v) is 16.0. The summed E-state index contributed by atoms with van der Waals surface area (Å²) >= 11 is 0. The Morgan fingerprint density at radius 3 is 1.74 bits per heavy atom. The first-order chi connectivity index (χ1) is 11.2. The highest BCUT2D eigenvalue weighted by atomic mass is 16.5. The van der Waals surface area contributed by atoms with E-state index < -0.39 is 0 Å². The van der Waals surface area contributed by atoms with Gasteiger partial charge in [-0.2, -0.15) is 0 Å². The van der Waals surface area contributed by atoms with Gasteiger partial charge in [-0.05, 0) is 51.6 Å². The van der Waals surface area contributed by atoms with Crippen LogP contribution in [0.4, 0.5) is 0 Å². The molecular weight excluding hydrogens is 292 g/mol. The molecule has 5 heteroatoms. The Morgan fingerprint density at radius 2 is 1.39 bits per heavy atom. The van der Waals surface area contributed by atoms with E-state index in [1.165, 1.54) is 51.6 Å². The summed E-state index contributed by atoms with van der Waals surface area (Å²) in [6.07, 6.45) is 8.79. The summed E-state index contributed by atoms with van der Waals surface area (Å²) in [6, 6.07) is 0. The lowest BCUT2D eigenvalue weighted by Crippen LogP contribution is -2.42. The van der Waals surface area contributed by atoms with Crippen molar-refractivity contribution in [2.45, 2.75) is 57.9 Å². The minimum atomic E-state index is 0.467. The van der Waals surface area contributed by atoms with Gasteiger partial charge in [0.1, 0.15) is 0 Å². The molecule has 3 fully saturated rings. The number of amides is 1. The smallest absolute Gasteiger partial charge is 0.209 e. The second-order valence-corrected chi connectivity index (χ2v) is 6.11. The predicted octanol–water partition coefficient (Wildman–Crippen LogP) is 2.79. The van der Waals surface area contributed by atoms with E-state index in [1.54, 1.807) is 19.1 Å². The van der Waals surface area contributed by atoms with Crippen molar-refractivity contribution in [3.63, 3.8) is 0 Å². The van der Waals surface area contributed by atoms with Gasteiger partial charge in [0.25, 0.3) is 0 Å². The molecule has 0 atom stereocenters. The number of carbonyl (C=O) groups is 1. The number of likely N-dealkylation sites (tertiary alicyclic amines) is 1. The number of nitrogens with zero attached hydrogens (tertiary/aromatic N) is 2. The van der Waals surface area contributed by atoms with Gasteiger partial charge in [-0.25, -0.2) is 0 Å². The summed E-state index contributed by atoms with van der Waals surface area (Å²) in [7, 11) is 5.07. The maximum absolute atomic E-state index is 9.93. The number of fused-ring (bicyclic) bond motifs is 1. The fraction of sp³-hybridized carbons (Fsp3) is 0.944. The molecule has 0 aromatic heterocycles. The van der Waals surface area contributed by atoms with E-state index in [0.29, 0.717) is 5.54 Å². The topological polar surface area (TPSA) is 42.0 Å². The van der Waals surface area contributed by atoms with Crippen LogP contribution in [0.3, 0.4) is 0 Å². The van der Waals surface area contributed by atoms with Gasteiger partial charge in [0.05, 0.1) is 6.61 Å². The quantitative estimate of drug-likeness (QED) is 0.746. The van der Waals surface area contributed by atoms with Crippen molar-refractivity contribution in [2.24, 2.45) is 0 Å². The third kappa shape index (κ3) is 7.64. The summed E-state index contributed by atoms with van der Waals surface area (Å²) in [5, 5.41) is 0. The Morgan fingerprint density at radius 1 is 0.913 bits per heavy atom.